The minimum Gasteiger partial charge on any atom is -0.337 e. The highest BCUT2D eigenvalue weighted by atomic mass is 19.1. The number of fused-ring (bicyclic) bond motifs is 1. The number of amides is 1. The Balaban J connectivity index is 1.69. The molecule has 2 aromatic rings. The van der Waals surface area contributed by atoms with Gasteiger partial charge in [-0.15, -0.1) is 0 Å². The second-order valence-electron chi connectivity index (χ2n) is 4.62. The highest BCUT2D eigenvalue weighted by Gasteiger charge is 2.24. The van der Waals surface area contributed by atoms with E-state index in [1.165, 1.54) is 12.1 Å². The van der Waals surface area contributed by atoms with Gasteiger partial charge in [0.05, 0.1) is 6.33 Å². The standard InChI is InChI=1S/C14H14FN3O/c15-12-1-2-13-11(9-12)3-7-18(13)14(19)4-6-17-8-5-16-10-17/h1-2,5,8-10H,3-4,6-7H2. The van der Waals surface area contributed by atoms with Gasteiger partial charge in [0.2, 0.25) is 5.91 Å². The molecule has 0 bridgehead atoms. The summed E-state index contributed by atoms with van der Waals surface area (Å²) in [5, 5.41) is 0. The minimum absolute atomic E-state index is 0.0686. The van der Waals surface area contributed by atoms with Gasteiger partial charge in [-0.25, -0.2) is 9.37 Å². The average Bonchev–Trinajstić information content (AvgIpc) is 3.04. The highest BCUT2D eigenvalue weighted by Crippen LogP contribution is 2.28. The number of hydrogen-bond donors (Lipinski definition) is 0. The monoisotopic (exact) mass is 259 g/mol. The highest BCUT2D eigenvalue weighted by molar-refractivity contribution is 5.95. The fourth-order valence-electron chi connectivity index (χ4n) is 2.41. The summed E-state index contributed by atoms with van der Waals surface area (Å²) in [7, 11) is 0. The molecular weight excluding hydrogens is 245 g/mol. The zero-order chi connectivity index (χ0) is 13.2. The Labute approximate surface area is 110 Å². The van der Waals surface area contributed by atoms with Gasteiger partial charge in [0.15, 0.2) is 0 Å². The quantitative estimate of drug-likeness (QED) is 0.845. The van der Waals surface area contributed by atoms with Gasteiger partial charge in [-0.2, -0.15) is 0 Å². The Hall–Kier alpha value is -2.17. The molecular formula is C14H14FN3O. The maximum atomic E-state index is 13.1. The van der Waals surface area contributed by atoms with Crippen molar-refractivity contribution in [1.82, 2.24) is 9.55 Å². The minimum atomic E-state index is -0.244. The van der Waals surface area contributed by atoms with E-state index in [2.05, 4.69) is 4.98 Å². The third-order valence-corrected chi connectivity index (χ3v) is 3.38. The number of nitrogens with zero attached hydrogens (tertiary/aromatic N) is 3. The van der Waals surface area contributed by atoms with Crippen LogP contribution in [0.15, 0.2) is 36.9 Å². The molecule has 1 aromatic carbocycles. The molecule has 0 radical (unpaired) electrons. The first-order valence-electron chi connectivity index (χ1n) is 6.28. The summed E-state index contributed by atoms with van der Waals surface area (Å²) in [4.78, 5) is 17.9. The predicted octanol–water partition coefficient (Wildman–Crippen LogP) is 2.00. The lowest BCUT2D eigenvalue weighted by atomic mass is 10.1. The number of anilines is 1. The van der Waals surface area contributed by atoms with Crippen LogP contribution < -0.4 is 4.90 Å². The molecule has 98 valence electrons. The summed E-state index contributed by atoms with van der Waals surface area (Å²) >= 11 is 0. The van der Waals surface area contributed by atoms with Crippen molar-refractivity contribution in [1.29, 1.82) is 0 Å². The molecule has 0 atom stereocenters. The molecule has 0 saturated carbocycles. The molecule has 2 heterocycles. The lowest BCUT2D eigenvalue weighted by Crippen LogP contribution is -2.29. The summed E-state index contributed by atoms with van der Waals surface area (Å²) in [6.45, 7) is 1.26. The molecule has 0 saturated heterocycles. The van der Waals surface area contributed by atoms with E-state index in [0.717, 1.165) is 17.7 Å². The molecule has 1 aromatic heterocycles. The summed E-state index contributed by atoms with van der Waals surface area (Å²) in [5.74, 6) is -0.175. The molecule has 4 nitrogen and oxygen atoms in total. The second-order valence-corrected chi connectivity index (χ2v) is 4.62. The van der Waals surface area contributed by atoms with Gasteiger partial charge < -0.3 is 9.47 Å². The van der Waals surface area contributed by atoms with E-state index in [4.69, 9.17) is 0 Å². The van der Waals surface area contributed by atoms with Crippen molar-refractivity contribution in [3.8, 4) is 0 Å². The third kappa shape index (κ3) is 2.36. The summed E-state index contributed by atoms with van der Waals surface area (Å²) in [6.07, 6.45) is 6.37. The number of rotatable bonds is 3. The molecule has 0 fully saturated rings. The van der Waals surface area contributed by atoms with E-state index in [1.807, 2.05) is 10.8 Å². The van der Waals surface area contributed by atoms with Crippen LogP contribution in [-0.4, -0.2) is 22.0 Å². The Morgan fingerprint density at radius 2 is 2.32 bits per heavy atom. The third-order valence-electron chi connectivity index (χ3n) is 3.38. The molecule has 5 heteroatoms. The molecule has 1 amide bonds. The zero-order valence-electron chi connectivity index (χ0n) is 10.4. The van der Waals surface area contributed by atoms with Gasteiger partial charge in [-0.1, -0.05) is 0 Å². The summed E-state index contributed by atoms with van der Waals surface area (Å²) in [5.41, 5.74) is 1.76. The van der Waals surface area contributed by atoms with Crippen LogP contribution in [0.1, 0.15) is 12.0 Å². The molecule has 1 aliphatic rings. The first-order valence-corrected chi connectivity index (χ1v) is 6.28. The van der Waals surface area contributed by atoms with Crippen LogP contribution in [0.3, 0.4) is 0 Å². The largest absolute Gasteiger partial charge is 0.337 e. The van der Waals surface area contributed by atoms with E-state index in [-0.39, 0.29) is 11.7 Å². The van der Waals surface area contributed by atoms with Crippen molar-refractivity contribution in [2.24, 2.45) is 0 Å². The number of hydrogen-bond acceptors (Lipinski definition) is 2. The first-order chi connectivity index (χ1) is 9.24. The van der Waals surface area contributed by atoms with Crippen molar-refractivity contribution in [3.05, 3.63) is 48.3 Å². The number of aromatic nitrogens is 2. The number of carbonyl (C=O) groups excluding carboxylic acids is 1. The van der Waals surface area contributed by atoms with Crippen molar-refractivity contribution in [2.75, 3.05) is 11.4 Å². The molecule has 0 N–H and O–H groups in total. The van der Waals surface area contributed by atoms with Crippen molar-refractivity contribution in [3.63, 3.8) is 0 Å². The Kier molecular flexibility index (Phi) is 3.03. The number of aryl methyl sites for hydroxylation is 1. The normalized spacial score (nSPS) is 13.6. The summed E-state index contributed by atoms with van der Waals surface area (Å²) < 4.78 is 15.0. The molecule has 3 rings (SSSR count). The lowest BCUT2D eigenvalue weighted by Gasteiger charge is -2.17. The smallest absolute Gasteiger partial charge is 0.228 e. The number of imidazole rings is 1. The van der Waals surface area contributed by atoms with Gasteiger partial charge in [0.1, 0.15) is 5.82 Å². The Morgan fingerprint density at radius 1 is 1.42 bits per heavy atom. The maximum Gasteiger partial charge on any atom is 0.228 e. The number of benzene rings is 1. The van der Waals surface area contributed by atoms with Crippen LogP contribution in [0.4, 0.5) is 10.1 Å². The SMILES string of the molecule is O=C(CCn1ccnc1)N1CCc2cc(F)ccc21. The van der Waals surface area contributed by atoms with E-state index < -0.39 is 0 Å². The molecule has 19 heavy (non-hydrogen) atoms. The fraction of sp³-hybridized carbons (Fsp3) is 0.286. The summed E-state index contributed by atoms with van der Waals surface area (Å²) in [6, 6.07) is 4.60. The first kappa shape index (κ1) is 11.9. The molecule has 1 aliphatic heterocycles. The van der Waals surface area contributed by atoms with E-state index in [1.54, 1.807) is 23.5 Å². The van der Waals surface area contributed by atoms with Gasteiger partial charge in [-0.3, -0.25) is 4.79 Å². The predicted molar refractivity (Wildman–Crippen MR) is 69.3 cm³/mol. The van der Waals surface area contributed by atoms with Crippen molar-refractivity contribution >= 4 is 11.6 Å². The fourth-order valence-corrected chi connectivity index (χ4v) is 2.41. The van der Waals surface area contributed by atoms with Gasteiger partial charge >= 0.3 is 0 Å². The zero-order valence-corrected chi connectivity index (χ0v) is 10.4. The lowest BCUT2D eigenvalue weighted by molar-refractivity contribution is -0.118. The van der Waals surface area contributed by atoms with Crippen LogP contribution >= 0.6 is 0 Å². The van der Waals surface area contributed by atoms with Crippen molar-refractivity contribution < 1.29 is 9.18 Å². The Morgan fingerprint density at radius 3 is 3.11 bits per heavy atom. The van der Waals surface area contributed by atoms with Crippen molar-refractivity contribution in [2.45, 2.75) is 19.4 Å². The topological polar surface area (TPSA) is 38.1 Å². The van der Waals surface area contributed by atoms with Crippen LogP contribution in [0.25, 0.3) is 0 Å². The molecule has 0 aliphatic carbocycles. The van der Waals surface area contributed by atoms with Crippen LogP contribution in [0.5, 0.6) is 0 Å². The van der Waals surface area contributed by atoms with E-state index >= 15 is 0 Å². The van der Waals surface area contributed by atoms with Crippen LogP contribution in [-0.2, 0) is 17.8 Å². The van der Waals surface area contributed by atoms with E-state index in [0.29, 0.717) is 19.5 Å². The number of halogens is 1. The second kappa shape index (κ2) is 4.84. The van der Waals surface area contributed by atoms with Gasteiger partial charge in [0.25, 0.3) is 0 Å². The molecule has 0 spiro atoms. The van der Waals surface area contributed by atoms with Crippen LogP contribution in [0.2, 0.25) is 0 Å². The van der Waals surface area contributed by atoms with Gasteiger partial charge in [-0.05, 0) is 30.2 Å². The Bertz CT molecular complexity index is 595. The maximum absolute atomic E-state index is 13.1. The van der Waals surface area contributed by atoms with E-state index in [9.17, 15) is 9.18 Å². The van der Waals surface area contributed by atoms with Gasteiger partial charge in [0, 0.05) is 37.6 Å². The molecule has 0 unspecified atom stereocenters. The number of carbonyl (C=O) groups is 1. The van der Waals surface area contributed by atoms with Crippen LogP contribution in [0, 0.1) is 5.82 Å². The average molecular weight is 259 g/mol.